The van der Waals surface area contributed by atoms with Crippen LogP contribution in [0.2, 0.25) is 0 Å². The monoisotopic (exact) mass is 276 g/mol. The topological polar surface area (TPSA) is 6.48 Å². The van der Waals surface area contributed by atoms with Crippen LogP contribution in [0.5, 0.6) is 0 Å². The number of nitrogens with zero attached hydrogens (tertiary/aromatic N) is 2. The van der Waals surface area contributed by atoms with Gasteiger partial charge >= 0.3 is 0 Å². The van der Waals surface area contributed by atoms with Crippen LogP contribution in [0.4, 0.5) is 0 Å². The number of rotatable bonds is 5. The Morgan fingerprint density at radius 1 is 1.33 bits per heavy atom. The van der Waals surface area contributed by atoms with Crippen LogP contribution in [0.1, 0.15) is 27.2 Å². The van der Waals surface area contributed by atoms with Gasteiger partial charge in [0.05, 0.1) is 0 Å². The molecule has 0 bridgehead atoms. The average molecular weight is 277 g/mol. The molecule has 0 aliphatic carbocycles. The fraction of sp³-hybridized carbons (Fsp3) is 1.00. The van der Waals surface area contributed by atoms with Gasteiger partial charge in [-0.05, 0) is 19.4 Å². The zero-order chi connectivity index (χ0) is 11.3. The molecule has 2 unspecified atom stereocenters. The highest BCUT2D eigenvalue weighted by Crippen LogP contribution is 2.14. The van der Waals surface area contributed by atoms with Crippen molar-refractivity contribution in [2.24, 2.45) is 5.92 Å². The summed E-state index contributed by atoms with van der Waals surface area (Å²) in [5.74, 6) is 0.824. The number of likely N-dealkylation sites (N-methyl/N-ethyl adjacent to an activating group) is 1. The summed E-state index contributed by atoms with van der Waals surface area (Å²) in [5.41, 5.74) is 0. The minimum absolute atomic E-state index is 0.733. The molecule has 2 atom stereocenters. The van der Waals surface area contributed by atoms with Crippen LogP contribution in [0, 0.1) is 5.92 Å². The molecule has 3 heteroatoms. The van der Waals surface area contributed by atoms with E-state index in [9.17, 15) is 0 Å². The molecule has 2 nitrogen and oxygen atoms in total. The van der Waals surface area contributed by atoms with Gasteiger partial charge in [-0.3, -0.25) is 4.90 Å². The van der Waals surface area contributed by atoms with E-state index in [2.05, 4.69) is 46.5 Å². The summed E-state index contributed by atoms with van der Waals surface area (Å²) in [7, 11) is 0. The minimum atomic E-state index is 0.733. The summed E-state index contributed by atoms with van der Waals surface area (Å²) in [4.78, 5) is 5.21. The van der Waals surface area contributed by atoms with E-state index >= 15 is 0 Å². The summed E-state index contributed by atoms with van der Waals surface area (Å²) >= 11 is 3.61. The lowest BCUT2D eigenvalue weighted by molar-refractivity contribution is 0.0790. The number of hydrogen-bond donors (Lipinski definition) is 0. The van der Waals surface area contributed by atoms with Gasteiger partial charge in [0.2, 0.25) is 0 Å². The van der Waals surface area contributed by atoms with Gasteiger partial charge < -0.3 is 4.90 Å². The van der Waals surface area contributed by atoms with Crippen molar-refractivity contribution in [1.29, 1.82) is 0 Å². The van der Waals surface area contributed by atoms with E-state index in [0.29, 0.717) is 0 Å². The Balaban J connectivity index is 2.33. The Labute approximate surface area is 103 Å². The maximum absolute atomic E-state index is 3.61. The van der Waals surface area contributed by atoms with Crippen LogP contribution < -0.4 is 0 Å². The highest BCUT2D eigenvalue weighted by molar-refractivity contribution is 9.09. The van der Waals surface area contributed by atoms with Crippen molar-refractivity contribution >= 4 is 15.9 Å². The van der Waals surface area contributed by atoms with Gasteiger partial charge in [0.15, 0.2) is 0 Å². The summed E-state index contributed by atoms with van der Waals surface area (Å²) in [6, 6.07) is 0.733. The molecule has 1 rings (SSSR count). The van der Waals surface area contributed by atoms with E-state index in [1.54, 1.807) is 0 Å². The lowest BCUT2D eigenvalue weighted by Gasteiger charge is -2.40. The SMILES string of the molecule is CCC(CBr)CN1CCN(CC)C(C)C1. The molecule has 15 heavy (non-hydrogen) atoms. The third-order valence-corrected chi connectivity index (χ3v) is 4.48. The third-order valence-electron chi connectivity index (χ3n) is 3.57. The average Bonchev–Trinajstić information content (AvgIpc) is 2.26. The van der Waals surface area contributed by atoms with Crippen molar-refractivity contribution in [3.05, 3.63) is 0 Å². The second-order valence-electron chi connectivity index (χ2n) is 4.67. The molecule has 1 aliphatic heterocycles. The smallest absolute Gasteiger partial charge is 0.0195 e. The first-order valence-electron chi connectivity index (χ1n) is 6.23. The normalized spacial score (nSPS) is 26.8. The lowest BCUT2D eigenvalue weighted by atomic mass is 10.1. The van der Waals surface area contributed by atoms with E-state index in [1.165, 1.54) is 39.1 Å². The number of alkyl halides is 1. The fourth-order valence-electron chi connectivity index (χ4n) is 2.36. The molecule has 0 aromatic carbocycles. The standard InChI is InChI=1S/C12H25BrN2/c1-4-12(8-13)10-14-6-7-15(5-2)11(3)9-14/h11-12H,4-10H2,1-3H3. The van der Waals surface area contributed by atoms with Crippen molar-refractivity contribution in [1.82, 2.24) is 9.80 Å². The molecule has 0 aromatic rings. The molecule has 1 heterocycles. The molecule has 90 valence electrons. The zero-order valence-electron chi connectivity index (χ0n) is 10.4. The number of piperazine rings is 1. The van der Waals surface area contributed by atoms with Crippen LogP contribution in [-0.4, -0.2) is 53.9 Å². The number of hydrogen-bond acceptors (Lipinski definition) is 2. The predicted molar refractivity (Wildman–Crippen MR) is 70.7 cm³/mol. The van der Waals surface area contributed by atoms with Gasteiger partial charge in [-0.2, -0.15) is 0 Å². The molecule has 0 spiro atoms. The predicted octanol–water partition coefficient (Wildman–Crippen LogP) is 2.43. The van der Waals surface area contributed by atoms with E-state index < -0.39 is 0 Å². The van der Waals surface area contributed by atoms with E-state index in [0.717, 1.165) is 17.3 Å². The summed E-state index contributed by atoms with van der Waals surface area (Å²) < 4.78 is 0. The molecular weight excluding hydrogens is 252 g/mol. The molecule has 0 saturated carbocycles. The Hall–Kier alpha value is 0.400. The molecule has 1 saturated heterocycles. The van der Waals surface area contributed by atoms with Gasteiger partial charge in [0.1, 0.15) is 0 Å². The Kier molecular flexibility index (Phi) is 6.17. The molecule has 0 aromatic heterocycles. The zero-order valence-corrected chi connectivity index (χ0v) is 12.0. The van der Waals surface area contributed by atoms with Crippen molar-refractivity contribution in [3.8, 4) is 0 Å². The summed E-state index contributed by atoms with van der Waals surface area (Å²) in [6.07, 6.45) is 1.29. The molecule has 0 N–H and O–H groups in total. The van der Waals surface area contributed by atoms with E-state index in [4.69, 9.17) is 0 Å². The van der Waals surface area contributed by atoms with Crippen molar-refractivity contribution in [2.75, 3.05) is 38.1 Å². The first kappa shape index (κ1) is 13.5. The van der Waals surface area contributed by atoms with Crippen LogP contribution in [0.25, 0.3) is 0 Å². The van der Waals surface area contributed by atoms with Crippen LogP contribution >= 0.6 is 15.9 Å². The number of halogens is 1. The molecular formula is C12H25BrN2. The van der Waals surface area contributed by atoms with Gasteiger partial charge in [-0.15, -0.1) is 0 Å². The largest absolute Gasteiger partial charge is 0.300 e. The van der Waals surface area contributed by atoms with Gasteiger partial charge in [-0.1, -0.05) is 36.2 Å². The van der Waals surface area contributed by atoms with Crippen molar-refractivity contribution in [2.45, 2.75) is 33.2 Å². The molecule has 0 amide bonds. The Bertz CT molecular complexity index is 171. The second-order valence-corrected chi connectivity index (χ2v) is 5.31. The van der Waals surface area contributed by atoms with Gasteiger partial charge in [0.25, 0.3) is 0 Å². The first-order valence-corrected chi connectivity index (χ1v) is 7.35. The Morgan fingerprint density at radius 3 is 2.53 bits per heavy atom. The van der Waals surface area contributed by atoms with Crippen LogP contribution in [0.3, 0.4) is 0 Å². The molecule has 1 aliphatic rings. The van der Waals surface area contributed by atoms with Crippen molar-refractivity contribution in [3.63, 3.8) is 0 Å². The lowest BCUT2D eigenvalue weighted by Crippen LogP contribution is -2.52. The highest BCUT2D eigenvalue weighted by atomic mass is 79.9. The fourth-order valence-corrected chi connectivity index (χ4v) is 3.02. The second kappa shape index (κ2) is 6.87. The maximum Gasteiger partial charge on any atom is 0.0195 e. The van der Waals surface area contributed by atoms with Gasteiger partial charge in [0, 0.05) is 37.6 Å². The van der Waals surface area contributed by atoms with Crippen molar-refractivity contribution < 1.29 is 0 Å². The molecule has 0 radical (unpaired) electrons. The molecule has 1 fully saturated rings. The first-order chi connectivity index (χ1) is 7.21. The van der Waals surface area contributed by atoms with Crippen LogP contribution in [-0.2, 0) is 0 Å². The third kappa shape index (κ3) is 4.04. The quantitative estimate of drug-likeness (QED) is 0.712. The van der Waals surface area contributed by atoms with E-state index in [1.807, 2.05) is 0 Å². The van der Waals surface area contributed by atoms with Crippen LogP contribution in [0.15, 0.2) is 0 Å². The highest BCUT2D eigenvalue weighted by Gasteiger charge is 2.23. The Morgan fingerprint density at radius 2 is 2.07 bits per heavy atom. The van der Waals surface area contributed by atoms with E-state index in [-0.39, 0.29) is 0 Å². The summed E-state index contributed by atoms with van der Waals surface area (Å²) in [5, 5.41) is 1.14. The van der Waals surface area contributed by atoms with Gasteiger partial charge in [-0.25, -0.2) is 0 Å². The minimum Gasteiger partial charge on any atom is -0.300 e. The summed E-state index contributed by atoms with van der Waals surface area (Å²) in [6.45, 7) is 13.1. The maximum atomic E-state index is 3.61.